The van der Waals surface area contributed by atoms with Crippen molar-refractivity contribution in [3.05, 3.63) is 0 Å². The lowest BCUT2D eigenvalue weighted by Crippen LogP contribution is -2.32. The molecule has 1 aliphatic heterocycles. The van der Waals surface area contributed by atoms with Gasteiger partial charge in [-0.25, -0.2) is 0 Å². The van der Waals surface area contributed by atoms with Gasteiger partial charge in [0, 0.05) is 18.8 Å². The molecule has 1 heterocycles. The summed E-state index contributed by atoms with van der Waals surface area (Å²) in [6.07, 6.45) is 0. The summed E-state index contributed by atoms with van der Waals surface area (Å²) in [4.78, 5) is 15.1. The Labute approximate surface area is 88.9 Å². The van der Waals surface area contributed by atoms with Crippen molar-refractivity contribution >= 4 is 22.8 Å². The van der Waals surface area contributed by atoms with Gasteiger partial charge in [-0.2, -0.15) is 0 Å². The van der Waals surface area contributed by atoms with E-state index in [1.807, 2.05) is 0 Å². The van der Waals surface area contributed by atoms with E-state index >= 15 is 0 Å². The van der Waals surface area contributed by atoms with Crippen LogP contribution in [0.3, 0.4) is 0 Å². The minimum atomic E-state index is -0.0482. The highest BCUT2D eigenvalue weighted by Gasteiger charge is 2.22. The highest BCUT2D eigenvalue weighted by Crippen LogP contribution is 2.18. The van der Waals surface area contributed by atoms with Crippen LogP contribution >= 0.6 is 11.8 Å². The highest BCUT2D eigenvalue weighted by atomic mass is 32.2. The molecule has 0 aromatic heterocycles. The van der Waals surface area contributed by atoms with Gasteiger partial charge in [-0.1, -0.05) is 25.6 Å². The number of carbonyl (C=O) groups excluding carboxylic acids is 1. The molecule has 0 saturated carbocycles. The van der Waals surface area contributed by atoms with Crippen LogP contribution in [0.25, 0.3) is 0 Å². The van der Waals surface area contributed by atoms with Crippen molar-refractivity contribution in [3.8, 4) is 0 Å². The number of carbonyl (C=O) groups is 1. The Kier molecular flexibility index (Phi) is 4.25. The van der Waals surface area contributed by atoms with E-state index in [4.69, 9.17) is 0 Å². The summed E-state index contributed by atoms with van der Waals surface area (Å²) >= 11 is 1.69. The number of amidine groups is 1. The minimum absolute atomic E-state index is 0.0482. The van der Waals surface area contributed by atoms with Gasteiger partial charge in [-0.05, 0) is 5.92 Å². The molecule has 1 fully saturated rings. The largest absolute Gasteiger partial charge is 0.361 e. The maximum absolute atomic E-state index is 10.9. The van der Waals surface area contributed by atoms with Crippen molar-refractivity contribution in [2.24, 2.45) is 10.9 Å². The van der Waals surface area contributed by atoms with Crippen molar-refractivity contribution in [1.82, 2.24) is 10.6 Å². The molecule has 0 bridgehead atoms. The van der Waals surface area contributed by atoms with Crippen LogP contribution in [0.15, 0.2) is 4.99 Å². The van der Waals surface area contributed by atoms with Crippen molar-refractivity contribution < 1.29 is 4.79 Å². The van der Waals surface area contributed by atoms with Gasteiger partial charge < -0.3 is 10.6 Å². The zero-order valence-electron chi connectivity index (χ0n) is 8.83. The van der Waals surface area contributed by atoms with Crippen molar-refractivity contribution in [1.29, 1.82) is 0 Å². The molecule has 80 valence electrons. The number of thioether (sulfide) groups is 1. The van der Waals surface area contributed by atoms with Crippen LogP contribution < -0.4 is 10.6 Å². The zero-order chi connectivity index (χ0) is 10.6. The lowest BCUT2D eigenvalue weighted by atomic mass is 10.1. The van der Waals surface area contributed by atoms with Gasteiger partial charge in [0.05, 0.1) is 0 Å². The standard InChI is InChI=1S/C9H17N3OS/c1-6(2)7-5-14-9(12-7)11-4-8(13)10-3/h6-7H,4-5H2,1-3H3,(H,10,13)(H,11,12)/t7-/m1/s1. The number of amides is 1. The van der Waals surface area contributed by atoms with Crippen molar-refractivity contribution in [2.75, 3.05) is 19.3 Å². The van der Waals surface area contributed by atoms with Crippen molar-refractivity contribution in [3.63, 3.8) is 0 Å². The number of rotatable bonds is 3. The second-order valence-electron chi connectivity index (χ2n) is 3.60. The van der Waals surface area contributed by atoms with E-state index in [-0.39, 0.29) is 12.5 Å². The molecule has 0 aliphatic carbocycles. The topological polar surface area (TPSA) is 53.5 Å². The highest BCUT2D eigenvalue weighted by molar-refractivity contribution is 8.14. The van der Waals surface area contributed by atoms with Crippen LogP contribution in [0, 0.1) is 5.92 Å². The van der Waals surface area contributed by atoms with Gasteiger partial charge in [0.1, 0.15) is 6.54 Å². The van der Waals surface area contributed by atoms with Gasteiger partial charge in [0.2, 0.25) is 5.91 Å². The summed E-state index contributed by atoms with van der Waals surface area (Å²) in [5, 5.41) is 6.74. The lowest BCUT2D eigenvalue weighted by Gasteiger charge is -2.12. The summed E-state index contributed by atoms with van der Waals surface area (Å²) < 4.78 is 0. The van der Waals surface area contributed by atoms with E-state index in [0.29, 0.717) is 12.0 Å². The van der Waals surface area contributed by atoms with E-state index in [1.165, 1.54) is 0 Å². The SMILES string of the molecule is CNC(=O)CN=C1N[C@@H](C(C)C)CS1. The third kappa shape index (κ3) is 3.21. The van der Waals surface area contributed by atoms with Crippen LogP contribution in [-0.2, 0) is 4.79 Å². The molecule has 5 heteroatoms. The number of hydrogen-bond donors (Lipinski definition) is 2. The summed E-state index contributed by atoms with van der Waals surface area (Å²) in [5.41, 5.74) is 0. The molecule has 0 spiro atoms. The molecule has 0 unspecified atom stereocenters. The maximum Gasteiger partial charge on any atom is 0.241 e. The first-order valence-corrected chi connectivity index (χ1v) is 5.76. The molecule has 1 saturated heterocycles. The molecular weight excluding hydrogens is 198 g/mol. The van der Waals surface area contributed by atoms with Gasteiger partial charge in [0.15, 0.2) is 5.17 Å². The Bertz CT molecular complexity index is 240. The molecule has 1 atom stereocenters. The summed E-state index contributed by atoms with van der Waals surface area (Å²) in [6.45, 7) is 4.58. The number of aliphatic imine (C=N–C) groups is 1. The molecule has 4 nitrogen and oxygen atoms in total. The van der Waals surface area contributed by atoms with Crippen LogP contribution in [0.2, 0.25) is 0 Å². The Hall–Kier alpha value is -0.710. The predicted molar refractivity (Wildman–Crippen MR) is 60.6 cm³/mol. The van der Waals surface area contributed by atoms with Crippen LogP contribution in [0.1, 0.15) is 13.8 Å². The number of likely N-dealkylation sites (N-methyl/N-ethyl adjacent to an activating group) is 1. The fraction of sp³-hybridized carbons (Fsp3) is 0.778. The lowest BCUT2D eigenvalue weighted by molar-refractivity contribution is -0.119. The smallest absolute Gasteiger partial charge is 0.241 e. The second kappa shape index (κ2) is 5.24. The van der Waals surface area contributed by atoms with E-state index in [1.54, 1.807) is 18.8 Å². The van der Waals surface area contributed by atoms with Gasteiger partial charge in [0.25, 0.3) is 0 Å². The molecule has 1 rings (SSSR count). The van der Waals surface area contributed by atoms with Crippen LogP contribution in [0.5, 0.6) is 0 Å². The molecule has 1 amide bonds. The molecule has 1 aliphatic rings. The predicted octanol–water partition coefficient (Wildman–Crippen LogP) is 0.449. The first kappa shape index (κ1) is 11.4. The van der Waals surface area contributed by atoms with Gasteiger partial charge >= 0.3 is 0 Å². The quantitative estimate of drug-likeness (QED) is 0.718. The van der Waals surface area contributed by atoms with E-state index in [0.717, 1.165) is 10.9 Å². The van der Waals surface area contributed by atoms with E-state index < -0.39 is 0 Å². The zero-order valence-corrected chi connectivity index (χ0v) is 9.65. The third-order valence-corrected chi connectivity index (χ3v) is 3.20. The molecule has 0 aromatic carbocycles. The molecular formula is C9H17N3OS. The number of hydrogen-bond acceptors (Lipinski definition) is 3. The van der Waals surface area contributed by atoms with E-state index in [9.17, 15) is 4.79 Å². The fourth-order valence-corrected chi connectivity index (χ4v) is 2.28. The first-order chi connectivity index (χ1) is 6.63. The second-order valence-corrected chi connectivity index (χ2v) is 4.61. The van der Waals surface area contributed by atoms with E-state index in [2.05, 4.69) is 29.5 Å². The summed E-state index contributed by atoms with van der Waals surface area (Å²) in [5.74, 6) is 1.60. The molecule has 14 heavy (non-hydrogen) atoms. The van der Waals surface area contributed by atoms with Crippen molar-refractivity contribution in [2.45, 2.75) is 19.9 Å². The number of nitrogens with zero attached hydrogens (tertiary/aromatic N) is 1. The third-order valence-electron chi connectivity index (χ3n) is 2.16. The molecule has 2 N–H and O–H groups in total. The first-order valence-electron chi connectivity index (χ1n) is 4.78. The normalized spacial score (nSPS) is 24.0. The Morgan fingerprint density at radius 3 is 3.00 bits per heavy atom. The van der Waals surface area contributed by atoms with Gasteiger partial charge in [-0.15, -0.1) is 0 Å². The Balaban J connectivity index is 2.37. The number of nitrogens with one attached hydrogen (secondary N) is 2. The molecule has 0 aromatic rings. The Morgan fingerprint density at radius 2 is 2.50 bits per heavy atom. The van der Waals surface area contributed by atoms with Gasteiger partial charge in [-0.3, -0.25) is 9.79 Å². The maximum atomic E-state index is 10.9. The molecule has 0 radical (unpaired) electrons. The summed E-state index contributed by atoms with van der Waals surface area (Å²) in [6, 6.07) is 0.489. The fourth-order valence-electron chi connectivity index (χ4n) is 1.08. The van der Waals surface area contributed by atoms with Crippen LogP contribution in [0.4, 0.5) is 0 Å². The monoisotopic (exact) mass is 215 g/mol. The average Bonchev–Trinajstić information content (AvgIpc) is 2.62. The Morgan fingerprint density at radius 1 is 1.79 bits per heavy atom. The summed E-state index contributed by atoms with van der Waals surface area (Å²) in [7, 11) is 1.62. The van der Waals surface area contributed by atoms with Crippen LogP contribution in [-0.4, -0.2) is 36.5 Å². The average molecular weight is 215 g/mol. The minimum Gasteiger partial charge on any atom is -0.361 e.